The summed E-state index contributed by atoms with van der Waals surface area (Å²) in [6.07, 6.45) is 5.33. The molecule has 1 aromatic heterocycles. The number of aromatic nitrogens is 1. The molecule has 3 nitrogen and oxygen atoms in total. The maximum Gasteiger partial charge on any atom is 0.171 e. The zero-order valence-corrected chi connectivity index (χ0v) is 13.4. The minimum atomic E-state index is 0.134. The van der Waals surface area contributed by atoms with E-state index in [-0.39, 0.29) is 5.78 Å². The molecule has 2 rings (SSSR count). The summed E-state index contributed by atoms with van der Waals surface area (Å²) in [5, 5.41) is 0. The van der Waals surface area contributed by atoms with Crippen LogP contribution in [0.2, 0.25) is 0 Å². The van der Waals surface area contributed by atoms with Crippen LogP contribution < -0.4 is 0 Å². The van der Waals surface area contributed by atoms with Gasteiger partial charge in [-0.25, -0.2) is 4.98 Å². The summed E-state index contributed by atoms with van der Waals surface area (Å²) in [4.78, 5) is 19.2. The number of carbonyl (C=O) groups is 1. The van der Waals surface area contributed by atoms with Gasteiger partial charge >= 0.3 is 0 Å². The Hall–Kier alpha value is -0.390. The highest BCUT2D eigenvalue weighted by Gasteiger charge is 2.12. The van der Waals surface area contributed by atoms with Crippen LogP contribution in [0.25, 0.3) is 0 Å². The van der Waals surface area contributed by atoms with Gasteiger partial charge in [0.05, 0.1) is 10.6 Å². The quantitative estimate of drug-likeness (QED) is 0.456. The number of likely N-dealkylation sites (tertiary alicyclic amines) is 1. The Morgan fingerprint density at radius 1 is 1.37 bits per heavy atom. The van der Waals surface area contributed by atoms with Gasteiger partial charge in [0.15, 0.2) is 10.1 Å². The number of hydrogen-bond acceptors (Lipinski definition) is 5. The van der Waals surface area contributed by atoms with E-state index >= 15 is 0 Å². The average Bonchev–Trinajstić information content (AvgIpc) is 2.77. The van der Waals surface area contributed by atoms with Gasteiger partial charge in [-0.3, -0.25) is 4.79 Å². The molecule has 0 amide bonds. The summed E-state index contributed by atoms with van der Waals surface area (Å²) in [5.74, 6) is 1.23. The second-order valence-electron chi connectivity index (χ2n) is 5.05. The van der Waals surface area contributed by atoms with Crippen molar-refractivity contribution < 1.29 is 4.79 Å². The van der Waals surface area contributed by atoms with Crippen LogP contribution in [0, 0.1) is 6.92 Å². The molecule has 0 atom stereocenters. The summed E-state index contributed by atoms with van der Waals surface area (Å²) in [6.45, 7) is 7.29. The lowest BCUT2D eigenvalue weighted by molar-refractivity contribution is 0.102. The van der Waals surface area contributed by atoms with Crippen LogP contribution >= 0.6 is 23.1 Å². The molecule has 0 aromatic carbocycles. The Morgan fingerprint density at radius 2 is 2.11 bits per heavy atom. The van der Waals surface area contributed by atoms with E-state index in [2.05, 4.69) is 9.88 Å². The molecule has 1 fully saturated rings. The minimum Gasteiger partial charge on any atom is -0.303 e. The molecule has 2 heterocycles. The average molecular weight is 298 g/mol. The number of hydrogen-bond donors (Lipinski definition) is 0. The number of thiazole rings is 1. The third kappa shape index (κ3) is 4.58. The monoisotopic (exact) mass is 298 g/mol. The molecule has 19 heavy (non-hydrogen) atoms. The number of carbonyl (C=O) groups excluding carboxylic acids is 1. The molecule has 0 unspecified atom stereocenters. The number of rotatable bonds is 6. The molecule has 5 heteroatoms. The first-order chi connectivity index (χ1) is 9.16. The van der Waals surface area contributed by atoms with Crippen molar-refractivity contribution >= 4 is 28.9 Å². The molecule has 0 saturated carbocycles. The van der Waals surface area contributed by atoms with Crippen LogP contribution in [0.3, 0.4) is 0 Å². The minimum absolute atomic E-state index is 0.134. The molecule has 106 valence electrons. The second kappa shape index (κ2) is 7.41. The van der Waals surface area contributed by atoms with Crippen LogP contribution in [0.4, 0.5) is 0 Å². The van der Waals surface area contributed by atoms with Gasteiger partial charge in [0.2, 0.25) is 0 Å². The van der Waals surface area contributed by atoms with E-state index in [0.717, 1.165) is 20.7 Å². The molecule has 0 radical (unpaired) electrons. The van der Waals surface area contributed by atoms with Crippen molar-refractivity contribution in [3.63, 3.8) is 0 Å². The lowest BCUT2D eigenvalue weighted by Gasteiger charge is -2.26. The number of ketones is 1. The van der Waals surface area contributed by atoms with Gasteiger partial charge in [-0.15, -0.1) is 11.3 Å². The largest absolute Gasteiger partial charge is 0.303 e. The van der Waals surface area contributed by atoms with E-state index in [1.165, 1.54) is 45.3 Å². The van der Waals surface area contributed by atoms with E-state index in [0.29, 0.717) is 0 Å². The fraction of sp³-hybridized carbons (Fsp3) is 0.714. The summed E-state index contributed by atoms with van der Waals surface area (Å²) in [7, 11) is 0. The fourth-order valence-electron chi connectivity index (χ4n) is 2.39. The molecule has 1 saturated heterocycles. The first kappa shape index (κ1) is 15.0. The van der Waals surface area contributed by atoms with Gasteiger partial charge in [0.25, 0.3) is 0 Å². The standard InChI is InChI=1S/C14H22N2OS2/c1-11-13(12(2)17)19-14(15-11)18-10-6-9-16-7-4-3-5-8-16/h3-10H2,1-2H3. The second-order valence-corrected chi connectivity index (χ2v) is 7.40. The van der Waals surface area contributed by atoms with Crippen molar-refractivity contribution in [3.05, 3.63) is 10.6 Å². The third-order valence-corrected chi connectivity index (χ3v) is 5.88. The lowest BCUT2D eigenvalue weighted by atomic mass is 10.1. The molecule has 1 aliphatic heterocycles. The Labute approximate surface area is 123 Å². The topological polar surface area (TPSA) is 33.2 Å². The summed E-state index contributed by atoms with van der Waals surface area (Å²) in [5.41, 5.74) is 0.885. The molecular weight excluding hydrogens is 276 g/mol. The van der Waals surface area contributed by atoms with Gasteiger partial charge in [0.1, 0.15) is 0 Å². The Morgan fingerprint density at radius 3 is 2.74 bits per heavy atom. The van der Waals surface area contributed by atoms with Crippen LogP contribution in [-0.2, 0) is 0 Å². The van der Waals surface area contributed by atoms with Gasteiger partial charge in [-0.1, -0.05) is 18.2 Å². The summed E-state index contributed by atoms with van der Waals surface area (Å²) >= 11 is 3.33. The van der Waals surface area contributed by atoms with E-state index in [1.54, 1.807) is 30.0 Å². The van der Waals surface area contributed by atoms with Gasteiger partial charge in [-0.2, -0.15) is 0 Å². The Balaban J connectivity index is 1.70. The van der Waals surface area contributed by atoms with E-state index in [1.807, 2.05) is 6.92 Å². The molecule has 0 aliphatic carbocycles. The van der Waals surface area contributed by atoms with Gasteiger partial charge in [0, 0.05) is 12.7 Å². The first-order valence-corrected chi connectivity index (χ1v) is 8.80. The predicted octanol–water partition coefficient (Wildman–Crippen LogP) is 3.62. The third-order valence-electron chi connectivity index (χ3n) is 3.39. The van der Waals surface area contributed by atoms with Crippen molar-refractivity contribution in [1.82, 2.24) is 9.88 Å². The van der Waals surface area contributed by atoms with Crippen molar-refractivity contribution in [2.75, 3.05) is 25.4 Å². The van der Waals surface area contributed by atoms with Crippen molar-refractivity contribution in [2.24, 2.45) is 0 Å². The number of aryl methyl sites for hydroxylation is 1. The first-order valence-electron chi connectivity index (χ1n) is 7.00. The Kier molecular flexibility index (Phi) is 5.85. The van der Waals surface area contributed by atoms with Crippen molar-refractivity contribution in [3.8, 4) is 0 Å². The Bertz CT molecular complexity index is 425. The highest BCUT2D eigenvalue weighted by atomic mass is 32.2. The van der Waals surface area contributed by atoms with E-state index in [4.69, 9.17) is 0 Å². The maximum atomic E-state index is 11.4. The molecule has 0 N–H and O–H groups in total. The zero-order chi connectivity index (χ0) is 13.7. The predicted molar refractivity (Wildman–Crippen MR) is 82.5 cm³/mol. The van der Waals surface area contributed by atoms with E-state index in [9.17, 15) is 4.79 Å². The van der Waals surface area contributed by atoms with Crippen molar-refractivity contribution in [2.45, 2.75) is 43.9 Å². The summed E-state index contributed by atoms with van der Waals surface area (Å²) < 4.78 is 1.04. The number of Topliss-reactive ketones (excluding diaryl/α,β-unsaturated/α-hetero) is 1. The molecule has 1 aromatic rings. The number of piperidine rings is 1. The van der Waals surface area contributed by atoms with Crippen LogP contribution in [-0.4, -0.2) is 41.1 Å². The van der Waals surface area contributed by atoms with Gasteiger partial charge in [-0.05, 0) is 45.8 Å². The molecular formula is C14H22N2OS2. The lowest BCUT2D eigenvalue weighted by Crippen LogP contribution is -2.30. The SMILES string of the molecule is CC(=O)c1sc(SCCCN2CCCCC2)nc1C. The van der Waals surface area contributed by atoms with Crippen LogP contribution in [0.5, 0.6) is 0 Å². The maximum absolute atomic E-state index is 11.4. The van der Waals surface area contributed by atoms with Crippen molar-refractivity contribution in [1.29, 1.82) is 0 Å². The van der Waals surface area contributed by atoms with Crippen LogP contribution in [0.15, 0.2) is 4.34 Å². The highest BCUT2D eigenvalue weighted by molar-refractivity contribution is 8.01. The van der Waals surface area contributed by atoms with E-state index < -0.39 is 0 Å². The highest BCUT2D eigenvalue weighted by Crippen LogP contribution is 2.28. The van der Waals surface area contributed by atoms with Gasteiger partial charge < -0.3 is 4.90 Å². The zero-order valence-electron chi connectivity index (χ0n) is 11.8. The smallest absolute Gasteiger partial charge is 0.171 e. The summed E-state index contributed by atoms with van der Waals surface area (Å²) in [6, 6.07) is 0. The van der Waals surface area contributed by atoms with Crippen LogP contribution in [0.1, 0.15) is 48.0 Å². The number of thioether (sulfide) groups is 1. The molecule has 1 aliphatic rings. The number of nitrogens with zero attached hydrogens (tertiary/aromatic N) is 2. The molecule has 0 spiro atoms. The fourth-order valence-corrected chi connectivity index (χ4v) is 4.47. The molecule has 0 bridgehead atoms. The normalized spacial score (nSPS) is 16.7.